The van der Waals surface area contributed by atoms with E-state index in [1.807, 2.05) is 6.07 Å². The molecule has 1 amide bonds. The van der Waals surface area contributed by atoms with Crippen molar-refractivity contribution in [3.05, 3.63) is 42.4 Å². The molecule has 176 valence electrons. The molecule has 2 aliphatic rings. The van der Waals surface area contributed by atoms with Gasteiger partial charge >= 0.3 is 0 Å². The topological polar surface area (TPSA) is 131 Å². The van der Waals surface area contributed by atoms with E-state index in [0.717, 1.165) is 18.8 Å². The molecule has 1 saturated heterocycles. The molecular weight excluding hydrogens is 439 g/mol. The molecule has 34 heavy (non-hydrogen) atoms. The van der Waals surface area contributed by atoms with Crippen molar-refractivity contribution >= 4 is 45.7 Å². The van der Waals surface area contributed by atoms with E-state index in [9.17, 15) is 9.18 Å². The second-order valence-corrected chi connectivity index (χ2v) is 8.28. The molecule has 10 nitrogen and oxygen atoms in total. The standard InChI is InChI=1S/C23H25FN8O2/c1-26-21-17-13-28-19(31-22(33)23(24)4-5-23)10-15(17)16(12-29-21)20(25)30-18-3-2-14(11-27-18)32-6-8-34-9-7-32/h2-3,10-13H,4-9H2,1H3,(H,26,29)(H2,25,27,30)(H,28,31,33). The fraction of sp³-hybridized carbons (Fsp3) is 0.348. The van der Waals surface area contributed by atoms with E-state index < -0.39 is 11.6 Å². The molecule has 1 aliphatic heterocycles. The van der Waals surface area contributed by atoms with Gasteiger partial charge in [0.1, 0.15) is 17.5 Å². The lowest BCUT2D eigenvalue weighted by atomic mass is 10.1. The summed E-state index contributed by atoms with van der Waals surface area (Å²) in [6.45, 7) is 3.02. The molecule has 0 atom stereocenters. The molecule has 5 rings (SSSR count). The summed E-state index contributed by atoms with van der Waals surface area (Å²) in [5.74, 6) is 0.802. The van der Waals surface area contributed by atoms with Crippen LogP contribution in [0, 0.1) is 0 Å². The van der Waals surface area contributed by atoms with Gasteiger partial charge in [-0.3, -0.25) is 4.79 Å². The number of aliphatic imine (C=N–C) groups is 1. The maximum absolute atomic E-state index is 14.1. The van der Waals surface area contributed by atoms with Gasteiger partial charge in [-0.25, -0.2) is 24.3 Å². The van der Waals surface area contributed by atoms with Crippen LogP contribution in [0.3, 0.4) is 0 Å². The summed E-state index contributed by atoms with van der Waals surface area (Å²) in [6, 6.07) is 5.40. The number of carbonyl (C=O) groups is 1. The number of nitrogens with one attached hydrogen (secondary N) is 2. The number of aromatic nitrogens is 3. The Hall–Kier alpha value is -3.86. The highest BCUT2D eigenvalue weighted by Gasteiger charge is 2.51. The van der Waals surface area contributed by atoms with Crippen molar-refractivity contribution < 1.29 is 13.9 Å². The number of amides is 1. The third-order valence-electron chi connectivity index (χ3n) is 5.97. The van der Waals surface area contributed by atoms with Crippen molar-refractivity contribution in [1.82, 2.24) is 15.0 Å². The predicted octanol–water partition coefficient (Wildman–Crippen LogP) is 2.38. The number of hydrogen-bond acceptors (Lipinski definition) is 8. The van der Waals surface area contributed by atoms with E-state index >= 15 is 0 Å². The monoisotopic (exact) mass is 464 g/mol. The molecule has 0 unspecified atom stereocenters. The first kappa shape index (κ1) is 22.0. The number of pyridine rings is 3. The van der Waals surface area contributed by atoms with Crippen LogP contribution < -0.4 is 21.3 Å². The third kappa shape index (κ3) is 4.34. The maximum Gasteiger partial charge on any atom is 0.263 e. The summed E-state index contributed by atoms with van der Waals surface area (Å²) < 4.78 is 19.5. The number of amidine groups is 1. The number of hydrogen-bond donors (Lipinski definition) is 3. The first-order valence-electron chi connectivity index (χ1n) is 11.1. The van der Waals surface area contributed by atoms with Gasteiger partial charge in [-0.15, -0.1) is 0 Å². The Morgan fingerprint density at radius 2 is 1.94 bits per heavy atom. The van der Waals surface area contributed by atoms with Crippen molar-refractivity contribution in [2.24, 2.45) is 10.7 Å². The second kappa shape index (κ2) is 8.82. The number of halogens is 1. The van der Waals surface area contributed by atoms with Gasteiger partial charge in [0.15, 0.2) is 11.5 Å². The Morgan fingerprint density at radius 1 is 1.15 bits per heavy atom. The summed E-state index contributed by atoms with van der Waals surface area (Å²) in [6.07, 6.45) is 5.37. The van der Waals surface area contributed by atoms with Crippen LogP contribution in [0.25, 0.3) is 10.8 Å². The molecule has 1 saturated carbocycles. The molecule has 2 fully saturated rings. The molecule has 3 aromatic heterocycles. The van der Waals surface area contributed by atoms with Gasteiger partial charge in [0.05, 0.1) is 25.1 Å². The minimum atomic E-state index is -1.80. The molecule has 0 radical (unpaired) electrons. The Kier molecular flexibility index (Phi) is 5.70. The van der Waals surface area contributed by atoms with Crippen molar-refractivity contribution in [1.29, 1.82) is 0 Å². The summed E-state index contributed by atoms with van der Waals surface area (Å²) in [7, 11) is 1.74. The Bertz CT molecular complexity index is 1250. The van der Waals surface area contributed by atoms with Crippen molar-refractivity contribution in [3.8, 4) is 0 Å². The Morgan fingerprint density at radius 3 is 2.62 bits per heavy atom. The maximum atomic E-state index is 14.1. The average Bonchev–Trinajstić information content (AvgIpc) is 3.63. The number of alkyl halides is 1. The zero-order valence-electron chi connectivity index (χ0n) is 18.7. The highest BCUT2D eigenvalue weighted by atomic mass is 19.1. The summed E-state index contributed by atoms with van der Waals surface area (Å²) in [5, 5.41) is 6.92. The Labute approximate surface area is 195 Å². The van der Waals surface area contributed by atoms with E-state index in [-0.39, 0.29) is 24.5 Å². The summed E-state index contributed by atoms with van der Waals surface area (Å²) >= 11 is 0. The van der Waals surface area contributed by atoms with Gasteiger partial charge in [-0.1, -0.05) is 0 Å². The predicted molar refractivity (Wildman–Crippen MR) is 128 cm³/mol. The molecule has 3 aromatic rings. The van der Waals surface area contributed by atoms with Crippen LogP contribution in [-0.2, 0) is 9.53 Å². The zero-order chi connectivity index (χ0) is 23.7. The molecule has 0 bridgehead atoms. The summed E-state index contributed by atoms with van der Waals surface area (Å²) in [4.78, 5) is 31.9. The van der Waals surface area contributed by atoms with Crippen LogP contribution in [0.5, 0.6) is 0 Å². The van der Waals surface area contributed by atoms with Gasteiger partial charge in [-0.2, -0.15) is 0 Å². The van der Waals surface area contributed by atoms with Crippen molar-refractivity contribution in [3.63, 3.8) is 0 Å². The lowest BCUT2D eigenvalue weighted by molar-refractivity contribution is -0.122. The number of anilines is 3. The molecule has 4 N–H and O–H groups in total. The highest BCUT2D eigenvalue weighted by molar-refractivity contribution is 6.12. The van der Waals surface area contributed by atoms with Gasteiger partial charge in [0.2, 0.25) is 0 Å². The van der Waals surface area contributed by atoms with Gasteiger partial charge in [0, 0.05) is 48.9 Å². The first-order chi connectivity index (χ1) is 16.5. The molecule has 0 aromatic carbocycles. The SMILES string of the molecule is CNc1ncc(C(N)=Nc2ccc(N3CCOCC3)cn2)c2cc(NC(=O)C3(F)CC3)ncc12. The van der Waals surface area contributed by atoms with Crippen LogP contribution >= 0.6 is 0 Å². The molecule has 1 aliphatic carbocycles. The van der Waals surface area contributed by atoms with E-state index in [1.165, 1.54) is 0 Å². The van der Waals surface area contributed by atoms with Crippen molar-refractivity contribution in [2.45, 2.75) is 18.5 Å². The molecular formula is C23H25FN8O2. The van der Waals surface area contributed by atoms with Crippen LogP contribution in [-0.4, -0.2) is 65.7 Å². The van der Waals surface area contributed by atoms with E-state index in [4.69, 9.17) is 10.5 Å². The van der Waals surface area contributed by atoms with Crippen LogP contribution in [0.2, 0.25) is 0 Å². The van der Waals surface area contributed by atoms with Crippen LogP contribution in [0.15, 0.2) is 41.8 Å². The third-order valence-corrected chi connectivity index (χ3v) is 5.97. The van der Waals surface area contributed by atoms with E-state index in [2.05, 4.69) is 35.5 Å². The number of carbonyl (C=O) groups excluding carboxylic acids is 1. The Balaban J connectivity index is 1.45. The van der Waals surface area contributed by atoms with Gasteiger partial charge < -0.3 is 26.0 Å². The molecule has 4 heterocycles. The summed E-state index contributed by atoms with van der Waals surface area (Å²) in [5.41, 5.74) is 6.10. The minimum absolute atomic E-state index is 0.208. The zero-order valence-corrected chi connectivity index (χ0v) is 18.7. The number of morpholine rings is 1. The first-order valence-corrected chi connectivity index (χ1v) is 11.1. The highest BCUT2D eigenvalue weighted by Crippen LogP contribution is 2.40. The van der Waals surface area contributed by atoms with Crippen molar-refractivity contribution in [2.75, 3.05) is 48.9 Å². The number of ether oxygens (including phenoxy) is 1. The smallest absolute Gasteiger partial charge is 0.263 e. The normalized spacial score (nSPS) is 17.5. The fourth-order valence-electron chi connectivity index (χ4n) is 3.81. The quantitative estimate of drug-likeness (QED) is 0.374. The molecule has 11 heteroatoms. The molecule has 0 spiro atoms. The van der Waals surface area contributed by atoms with Gasteiger partial charge in [0.25, 0.3) is 5.91 Å². The minimum Gasteiger partial charge on any atom is -0.383 e. The van der Waals surface area contributed by atoms with E-state index in [0.29, 0.717) is 41.2 Å². The average molecular weight is 465 g/mol. The van der Waals surface area contributed by atoms with Crippen LogP contribution in [0.1, 0.15) is 18.4 Å². The number of nitrogens with zero attached hydrogens (tertiary/aromatic N) is 5. The number of fused-ring (bicyclic) bond motifs is 1. The van der Waals surface area contributed by atoms with Crippen LogP contribution in [0.4, 0.5) is 27.5 Å². The number of nitrogens with two attached hydrogens (primary N) is 1. The lowest BCUT2D eigenvalue weighted by Gasteiger charge is -2.28. The second-order valence-electron chi connectivity index (χ2n) is 8.28. The number of rotatable bonds is 6. The van der Waals surface area contributed by atoms with Gasteiger partial charge in [-0.05, 0) is 31.0 Å². The lowest BCUT2D eigenvalue weighted by Crippen LogP contribution is -2.36. The fourth-order valence-corrected chi connectivity index (χ4v) is 3.81. The van der Waals surface area contributed by atoms with E-state index in [1.54, 1.807) is 37.8 Å². The largest absolute Gasteiger partial charge is 0.383 e.